The van der Waals surface area contributed by atoms with E-state index in [4.69, 9.17) is 0 Å². The van der Waals surface area contributed by atoms with Crippen molar-refractivity contribution in [2.75, 3.05) is 13.1 Å². The van der Waals surface area contributed by atoms with E-state index in [0.29, 0.717) is 23.4 Å². The molecule has 0 N–H and O–H groups in total. The molecule has 3 nitrogen and oxygen atoms in total. The maximum Gasteiger partial charge on any atom is 0.243 e. The van der Waals surface area contributed by atoms with Crippen molar-refractivity contribution in [1.82, 2.24) is 4.31 Å². The van der Waals surface area contributed by atoms with E-state index in [1.807, 2.05) is 12.1 Å². The molecule has 2 rings (SSSR count). The van der Waals surface area contributed by atoms with Crippen LogP contribution < -0.4 is 0 Å². The highest BCUT2D eigenvalue weighted by Crippen LogP contribution is 2.24. The molecule has 1 heterocycles. The lowest BCUT2D eigenvalue weighted by atomic mass is 9.89. The molecule has 1 saturated heterocycles. The van der Waals surface area contributed by atoms with Crippen LogP contribution in [0.5, 0.6) is 0 Å². The first kappa shape index (κ1) is 16.5. The summed E-state index contributed by atoms with van der Waals surface area (Å²) in [5.74, 6) is 0. The Morgan fingerprint density at radius 2 is 1.57 bits per heavy atom. The van der Waals surface area contributed by atoms with Crippen molar-refractivity contribution in [2.45, 2.75) is 57.8 Å². The van der Waals surface area contributed by atoms with Gasteiger partial charge in [0.15, 0.2) is 0 Å². The Kier molecular flexibility index (Phi) is 5.10. The second kappa shape index (κ2) is 6.49. The zero-order valence-corrected chi connectivity index (χ0v) is 14.2. The summed E-state index contributed by atoms with van der Waals surface area (Å²) in [5.41, 5.74) is 1.51. The van der Waals surface area contributed by atoms with Gasteiger partial charge in [0.25, 0.3) is 0 Å². The van der Waals surface area contributed by atoms with Crippen molar-refractivity contribution < 1.29 is 8.42 Å². The first-order valence-corrected chi connectivity index (χ1v) is 9.32. The van der Waals surface area contributed by atoms with Gasteiger partial charge in [-0.1, -0.05) is 39.3 Å². The normalized spacial score (nSPS) is 17.9. The SMILES string of the molecule is CC(C)(C)CCc1ccc(S(=O)(=O)N2CCCCC2)cc1. The van der Waals surface area contributed by atoms with Crippen LogP contribution in [0, 0.1) is 5.41 Å². The van der Waals surface area contributed by atoms with Crippen molar-refractivity contribution in [3.05, 3.63) is 29.8 Å². The Labute approximate surface area is 129 Å². The highest BCUT2D eigenvalue weighted by Gasteiger charge is 2.25. The van der Waals surface area contributed by atoms with Gasteiger partial charge in [-0.2, -0.15) is 4.31 Å². The topological polar surface area (TPSA) is 37.4 Å². The molecule has 0 saturated carbocycles. The molecular formula is C17H27NO2S. The van der Waals surface area contributed by atoms with Gasteiger partial charge in [-0.25, -0.2) is 8.42 Å². The van der Waals surface area contributed by atoms with Crippen LogP contribution in [0.25, 0.3) is 0 Å². The van der Waals surface area contributed by atoms with Crippen molar-refractivity contribution >= 4 is 10.0 Å². The van der Waals surface area contributed by atoms with Crippen LogP contribution in [0.2, 0.25) is 0 Å². The molecule has 1 fully saturated rings. The van der Waals surface area contributed by atoms with Crippen LogP contribution in [0.3, 0.4) is 0 Å². The summed E-state index contributed by atoms with van der Waals surface area (Å²) in [6.45, 7) is 7.99. The fourth-order valence-electron chi connectivity index (χ4n) is 2.60. The Morgan fingerprint density at radius 1 is 1.00 bits per heavy atom. The third-order valence-corrected chi connectivity index (χ3v) is 5.95. The molecule has 1 aliphatic heterocycles. The largest absolute Gasteiger partial charge is 0.243 e. The van der Waals surface area contributed by atoms with E-state index in [-0.39, 0.29) is 0 Å². The smallest absolute Gasteiger partial charge is 0.207 e. The van der Waals surface area contributed by atoms with Gasteiger partial charge in [-0.15, -0.1) is 0 Å². The number of aryl methyl sites for hydroxylation is 1. The second-order valence-corrected chi connectivity index (χ2v) is 9.11. The van der Waals surface area contributed by atoms with Crippen molar-refractivity contribution in [3.8, 4) is 0 Å². The first-order chi connectivity index (χ1) is 9.79. The first-order valence-electron chi connectivity index (χ1n) is 7.88. The van der Waals surface area contributed by atoms with E-state index in [0.717, 1.165) is 32.1 Å². The van der Waals surface area contributed by atoms with E-state index >= 15 is 0 Å². The van der Waals surface area contributed by atoms with Crippen LogP contribution in [0.4, 0.5) is 0 Å². The van der Waals surface area contributed by atoms with Crippen LogP contribution in [0.1, 0.15) is 52.0 Å². The van der Waals surface area contributed by atoms with Crippen LogP contribution >= 0.6 is 0 Å². The number of nitrogens with zero attached hydrogens (tertiary/aromatic N) is 1. The molecule has 21 heavy (non-hydrogen) atoms. The van der Waals surface area contributed by atoms with Gasteiger partial charge in [0, 0.05) is 13.1 Å². The van der Waals surface area contributed by atoms with Gasteiger partial charge < -0.3 is 0 Å². The number of hydrogen-bond donors (Lipinski definition) is 0. The van der Waals surface area contributed by atoms with E-state index in [9.17, 15) is 8.42 Å². The van der Waals surface area contributed by atoms with Crippen LogP contribution in [-0.4, -0.2) is 25.8 Å². The minimum Gasteiger partial charge on any atom is -0.207 e. The zero-order chi connectivity index (χ0) is 15.5. The Balaban J connectivity index is 2.07. The molecule has 1 aromatic rings. The lowest BCUT2D eigenvalue weighted by Crippen LogP contribution is -2.35. The number of rotatable bonds is 4. The van der Waals surface area contributed by atoms with Gasteiger partial charge in [-0.05, 0) is 48.8 Å². The minimum atomic E-state index is -3.29. The average molecular weight is 309 g/mol. The third kappa shape index (κ3) is 4.55. The molecule has 0 aliphatic carbocycles. The lowest BCUT2D eigenvalue weighted by Gasteiger charge is -2.26. The Bertz CT molecular complexity index is 549. The molecular weight excluding hydrogens is 282 g/mol. The predicted octanol–water partition coefficient (Wildman–Crippen LogP) is 3.84. The molecule has 0 aromatic heterocycles. The summed E-state index contributed by atoms with van der Waals surface area (Å²) in [4.78, 5) is 0.434. The molecule has 0 unspecified atom stereocenters. The van der Waals surface area contributed by atoms with Crippen LogP contribution in [-0.2, 0) is 16.4 Å². The highest BCUT2D eigenvalue weighted by molar-refractivity contribution is 7.89. The fraction of sp³-hybridized carbons (Fsp3) is 0.647. The summed E-state index contributed by atoms with van der Waals surface area (Å²) in [7, 11) is -3.29. The quantitative estimate of drug-likeness (QED) is 0.847. The molecule has 0 spiro atoms. The average Bonchev–Trinajstić information content (AvgIpc) is 2.46. The minimum absolute atomic E-state index is 0.304. The summed E-state index contributed by atoms with van der Waals surface area (Å²) in [6, 6.07) is 7.45. The van der Waals surface area contributed by atoms with Gasteiger partial charge >= 0.3 is 0 Å². The number of hydrogen-bond acceptors (Lipinski definition) is 2. The summed E-state index contributed by atoms with van der Waals surface area (Å²) in [5, 5.41) is 0. The lowest BCUT2D eigenvalue weighted by molar-refractivity contribution is 0.346. The van der Waals surface area contributed by atoms with Crippen LogP contribution in [0.15, 0.2) is 29.2 Å². The molecule has 1 aliphatic rings. The standard InChI is InChI=1S/C17H27NO2S/c1-17(2,3)12-11-15-7-9-16(10-8-15)21(19,20)18-13-5-4-6-14-18/h7-10H,4-6,11-14H2,1-3H3. The predicted molar refractivity (Wildman–Crippen MR) is 86.8 cm³/mol. The van der Waals surface area contributed by atoms with Crippen molar-refractivity contribution in [3.63, 3.8) is 0 Å². The second-order valence-electron chi connectivity index (χ2n) is 7.17. The maximum absolute atomic E-state index is 12.5. The van der Waals surface area contributed by atoms with E-state index in [1.54, 1.807) is 16.4 Å². The summed E-state index contributed by atoms with van der Waals surface area (Å²) < 4.78 is 26.7. The number of benzene rings is 1. The van der Waals surface area contributed by atoms with Gasteiger partial charge in [0.2, 0.25) is 10.0 Å². The molecule has 118 valence electrons. The maximum atomic E-state index is 12.5. The molecule has 0 bridgehead atoms. The molecule has 0 atom stereocenters. The van der Waals surface area contributed by atoms with Gasteiger partial charge in [0.1, 0.15) is 0 Å². The molecule has 0 amide bonds. The zero-order valence-electron chi connectivity index (χ0n) is 13.4. The summed E-state index contributed by atoms with van der Waals surface area (Å²) >= 11 is 0. The van der Waals surface area contributed by atoms with Gasteiger partial charge in [-0.3, -0.25) is 0 Å². The fourth-order valence-corrected chi connectivity index (χ4v) is 4.12. The van der Waals surface area contributed by atoms with Gasteiger partial charge in [0.05, 0.1) is 4.90 Å². The molecule has 1 aromatic carbocycles. The summed E-state index contributed by atoms with van der Waals surface area (Å²) in [6.07, 6.45) is 5.18. The number of sulfonamides is 1. The van der Waals surface area contributed by atoms with E-state index < -0.39 is 10.0 Å². The van der Waals surface area contributed by atoms with E-state index in [1.165, 1.54) is 5.56 Å². The Morgan fingerprint density at radius 3 is 2.10 bits per heavy atom. The number of piperidine rings is 1. The Hall–Kier alpha value is -0.870. The van der Waals surface area contributed by atoms with Crippen molar-refractivity contribution in [1.29, 1.82) is 0 Å². The monoisotopic (exact) mass is 309 g/mol. The van der Waals surface area contributed by atoms with Crippen molar-refractivity contribution in [2.24, 2.45) is 5.41 Å². The molecule has 4 heteroatoms. The highest BCUT2D eigenvalue weighted by atomic mass is 32.2. The van der Waals surface area contributed by atoms with E-state index in [2.05, 4.69) is 20.8 Å². The molecule has 0 radical (unpaired) electrons. The third-order valence-electron chi connectivity index (χ3n) is 4.04.